The minimum absolute atomic E-state index is 0.557. The normalized spacial score (nSPS) is 23.7. The quantitative estimate of drug-likeness (QED) is 0.559. The number of piperazine rings is 1. The number of carboxylic acids is 1. The molecule has 18 heavy (non-hydrogen) atoms. The number of carboxylic acid groups (broad SMARTS) is 1. The Morgan fingerprint density at radius 3 is 1.94 bits per heavy atom. The Hall–Kier alpha value is -1.10. The van der Waals surface area contributed by atoms with Gasteiger partial charge in [-0.3, -0.25) is 9.69 Å². The molecule has 0 bridgehead atoms. The van der Waals surface area contributed by atoms with Crippen LogP contribution in [0.2, 0.25) is 0 Å². The molecular formula is C13H22N2O3. The molecule has 1 N–H and O–H groups in total. The standard InChI is InChI=1S/C13H22N2O3/c16-12(13(17)18)15-9-7-14(8-10-15)11-5-3-1-2-4-6-11/h11H,1-10H2,(H,17,18). The van der Waals surface area contributed by atoms with E-state index >= 15 is 0 Å². The van der Waals surface area contributed by atoms with E-state index in [1.165, 1.54) is 43.4 Å². The lowest BCUT2D eigenvalue weighted by atomic mass is 10.1. The zero-order chi connectivity index (χ0) is 13.0. The molecule has 0 aromatic heterocycles. The molecular weight excluding hydrogens is 232 g/mol. The fourth-order valence-electron chi connectivity index (χ4n) is 3.05. The van der Waals surface area contributed by atoms with E-state index in [1.807, 2.05) is 0 Å². The van der Waals surface area contributed by atoms with Crippen LogP contribution >= 0.6 is 0 Å². The monoisotopic (exact) mass is 254 g/mol. The van der Waals surface area contributed by atoms with Crippen LogP contribution in [0.5, 0.6) is 0 Å². The maximum Gasteiger partial charge on any atom is 0.394 e. The van der Waals surface area contributed by atoms with Gasteiger partial charge < -0.3 is 10.0 Å². The van der Waals surface area contributed by atoms with Gasteiger partial charge in [0.2, 0.25) is 0 Å². The molecule has 0 spiro atoms. The number of carbonyl (C=O) groups is 2. The first kappa shape index (κ1) is 13.3. The van der Waals surface area contributed by atoms with E-state index in [0.717, 1.165) is 13.1 Å². The fourth-order valence-corrected chi connectivity index (χ4v) is 3.05. The van der Waals surface area contributed by atoms with Crippen molar-refractivity contribution in [1.29, 1.82) is 0 Å². The molecule has 1 saturated carbocycles. The molecule has 0 aromatic carbocycles. The molecule has 2 rings (SSSR count). The lowest BCUT2D eigenvalue weighted by Gasteiger charge is -2.38. The number of nitrogens with zero attached hydrogens (tertiary/aromatic N) is 2. The molecule has 0 radical (unpaired) electrons. The summed E-state index contributed by atoms with van der Waals surface area (Å²) in [5.41, 5.74) is 0. The van der Waals surface area contributed by atoms with Crippen molar-refractivity contribution in [3.63, 3.8) is 0 Å². The molecule has 2 aliphatic rings. The van der Waals surface area contributed by atoms with E-state index in [0.29, 0.717) is 19.1 Å². The molecule has 1 heterocycles. The summed E-state index contributed by atoms with van der Waals surface area (Å²) in [7, 11) is 0. The summed E-state index contributed by atoms with van der Waals surface area (Å²) in [6.45, 7) is 2.76. The number of carbonyl (C=O) groups excluding carboxylic acids is 1. The van der Waals surface area contributed by atoms with Gasteiger partial charge in [-0.1, -0.05) is 25.7 Å². The van der Waals surface area contributed by atoms with Crippen molar-refractivity contribution in [3.8, 4) is 0 Å². The summed E-state index contributed by atoms with van der Waals surface area (Å²) < 4.78 is 0. The predicted octanol–water partition coefficient (Wildman–Crippen LogP) is 0.938. The van der Waals surface area contributed by atoms with Gasteiger partial charge in [-0.05, 0) is 12.8 Å². The Kier molecular flexibility index (Phi) is 4.58. The maximum atomic E-state index is 11.3. The summed E-state index contributed by atoms with van der Waals surface area (Å²) in [5.74, 6) is -2.09. The average molecular weight is 254 g/mol. The molecule has 5 heteroatoms. The summed E-state index contributed by atoms with van der Waals surface area (Å²) in [6, 6.07) is 0.648. The molecule has 5 nitrogen and oxygen atoms in total. The summed E-state index contributed by atoms with van der Waals surface area (Å²) in [6.07, 6.45) is 7.81. The first-order valence-corrected chi connectivity index (χ1v) is 6.95. The van der Waals surface area contributed by atoms with Crippen LogP contribution in [0.1, 0.15) is 38.5 Å². The van der Waals surface area contributed by atoms with Gasteiger partial charge in [-0.15, -0.1) is 0 Å². The van der Waals surface area contributed by atoms with Crippen molar-refractivity contribution in [2.75, 3.05) is 26.2 Å². The van der Waals surface area contributed by atoms with Crippen LogP contribution in [0.4, 0.5) is 0 Å². The number of amides is 1. The Morgan fingerprint density at radius 2 is 1.44 bits per heavy atom. The minimum atomic E-state index is -1.34. The Morgan fingerprint density at radius 1 is 0.889 bits per heavy atom. The average Bonchev–Trinajstić information content (AvgIpc) is 2.67. The second kappa shape index (κ2) is 6.18. The highest BCUT2D eigenvalue weighted by Gasteiger charge is 2.28. The van der Waals surface area contributed by atoms with Crippen LogP contribution in [0.25, 0.3) is 0 Å². The second-order valence-electron chi connectivity index (χ2n) is 5.28. The second-order valence-corrected chi connectivity index (χ2v) is 5.28. The van der Waals surface area contributed by atoms with Crippen LogP contribution in [0.3, 0.4) is 0 Å². The van der Waals surface area contributed by atoms with Crippen molar-refractivity contribution < 1.29 is 14.7 Å². The smallest absolute Gasteiger partial charge is 0.394 e. The van der Waals surface area contributed by atoms with Gasteiger partial charge in [0.25, 0.3) is 0 Å². The highest BCUT2D eigenvalue weighted by molar-refractivity contribution is 6.31. The minimum Gasteiger partial charge on any atom is -0.474 e. The Bertz CT molecular complexity index is 303. The third-order valence-electron chi connectivity index (χ3n) is 4.13. The van der Waals surface area contributed by atoms with Gasteiger partial charge in [0.1, 0.15) is 0 Å². The van der Waals surface area contributed by atoms with E-state index in [9.17, 15) is 9.59 Å². The maximum absolute atomic E-state index is 11.3. The van der Waals surface area contributed by atoms with Gasteiger partial charge in [-0.2, -0.15) is 0 Å². The first-order valence-electron chi connectivity index (χ1n) is 6.95. The van der Waals surface area contributed by atoms with Crippen molar-refractivity contribution in [2.24, 2.45) is 0 Å². The largest absolute Gasteiger partial charge is 0.474 e. The Balaban J connectivity index is 1.82. The van der Waals surface area contributed by atoms with Crippen LogP contribution in [-0.4, -0.2) is 59.0 Å². The van der Waals surface area contributed by atoms with E-state index in [-0.39, 0.29) is 0 Å². The third kappa shape index (κ3) is 3.22. The molecule has 1 aliphatic carbocycles. The van der Waals surface area contributed by atoms with Crippen LogP contribution < -0.4 is 0 Å². The molecule has 102 valence electrons. The van der Waals surface area contributed by atoms with E-state index in [4.69, 9.17) is 5.11 Å². The third-order valence-corrected chi connectivity index (χ3v) is 4.13. The van der Waals surface area contributed by atoms with Gasteiger partial charge in [0.05, 0.1) is 0 Å². The molecule has 0 unspecified atom stereocenters. The molecule has 2 fully saturated rings. The van der Waals surface area contributed by atoms with Crippen molar-refractivity contribution in [3.05, 3.63) is 0 Å². The topological polar surface area (TPSA) is 60.9 Å². The summed E-state index contributed by atoms with van der Waals surface area (Å²) >= 11 is 0. The SMILES string of the molecule is O=C(O)C(=O)N1CCN(C2CCCCCC2)CC1. The van der Waals surface area contributed by atoms with Gasteiger partial charge in [-0.25, -0.2) is 4.79 Å². The zero-order valence-corrected chi connectivity index (χ0v) is 10.8. The van der Waals surface area contributed by atoms with Crippen LogP contribution in [0.15, 0.2) is 0 Å². The van der Waals surface area contributed by atoms with Gasteiger partial charge >= 0.3 is 11.9 Å². The lowest BCUT2D eigenvalue weighted by molar-refractivity contribution is -0.157. The first-order chi connectivity index (χ1) is 8.68. The molecule has 0 atom stereocenters. The predicted molar refractivity (Wildman–Crippen MR) is 67.3 cm³/mol. The van der Waals surface area contributed by atoms with Crippen molar-refractivity contribution in [2.45, 2.75) is 44.6 Å². The van der Waals surface area contributed by atoms with E-state index in [1.54, 1.807) is 0 Å². The highest BCUT2D eigenvalue weighted by atomic mass is 16.4. The molecule has 0 aromatic rings. The number of hydrogen-bond donors (Lipinski definition) is 1. The molecule has 1 saturated heterocycles. The Labute approximate surface area is 108 Å². The van der Waals surface area contributed by atoms with Crippen LogP contribution in [-0.2, 0) is 9.59 Å². The number of aliphatic carboxylic acids is 1. The van der Waals surface area contributed by atoms with E-state index < -0.39 is 11.9 Å². The van der Waals surface area contributed by atoms with Crippen molar-refractivity contribution in [1.82, 2.24) is 9.80 Å². The van der Waals surface area contributed by atoms with Gasteiger partial charge in [0.15, 0.2) is 0 Å². The number of hydrogen-bond acceptors (Lipinski definition) is 3. The fraction of sp³-hybridized carbons (Fsp3) is 0.846. The van der Waals surface area contributed by atoms with E-state index in [2.05, 4.69) is 4.90 Å². The summed E-state index contributed by atoms with van der Waals surface area (Å²) in [4.78, 5) is 25.9. The highest BCUT2D eigenvalue weighted by Crippen LogP contribution is 2.22. The lowest BCUT2D eigenvalue weighted by Crippen LogP contribution is -2.53. The number of rotatable bonds is 1. The summed E-state index contributed by atoms with van der Waals surface area (Å²) in [5, 5.41) is 8.68. The van der Waals surface area contributed by atoms with Crippen LogP contribution in [0, 0.1) is 0 Å². The zero-order valence-electron chi connectivity index (χ0n) is 10.8. The van der Waals surface area contributed by atoms with Crippen molar-refractivity contribution >= 4 is 11.9 Å². The molecule has 1 amide bonds. The molecule has 1 aliphatic heterocycles. The van der Waals surface area contributed by atoms with Gasteiger partial charge in [0, 0.05) is 32.2 Å².